The first-order chi connectivity index (χ1) is 11.5. The molecule has 0 bridgehead atoms. The molecule has 6 heteroatoms. The molecule has 0 aromatic heterocycles. The van der Waals surface area contributed by atoms with Gasteiger partial charge in [0.2, 0.25) is 0 Å². The molecule has 0 saturated carbocycles. The van der Waals surface area contributed by atoms with Gasteiger partial charge in [0.1, 0.15) is 6.61 Å². The molecule has 0 radical (unpaired) electrons. The molecule has 0 saturated heterocycles. The van der Waals surface area contributed by atoms with Crippen LogP contribution in [0.15, 0.2) is 47.6 Å². The first-order valence-corrected chi connectivity index (χ1v) is 8.15. The van der Waals surface area contributed by atoms with Crippen LogP contribution in [0, 0.1) is 0 Å². The average Bonchev–Trinajstić information content (AvgIpc) is 2.57. The Morgan fingerprint density at radius 1 is 1.08 bits per heavy atom. The third-order valence-corrected chi connectivity index (χ3v) is 3.95. The highest BCUT2D eigenvalue weighted by atomic mass is 35.5. The molecule has 0 heterocycles. The molecular weight excluding hydrogens is 349 g/mol. The maximum Gasteiger partial charge on any atom is 0.338 e. The van der Waals surface area contributed by atoms with Crippen LogP contribution < -0.4 is 0 Å². The Hall–Kier alpha value is -2.04. The fourth-order valence-corrected chi connectivity index (χ4v) is 2.28. The second kappa shape index (κ2) is 8.71. The Kier molecular flexibility index (Phi) is 6.64. The number of rotatable bonds is 6. The van der Waals surface area contributed by atoms with Crippen molar-refractivity contribution in [1.29, 1.82) is 0 Å². The smallest absolute Gasteiger partial charge is 0.338 e. The monoisotopic (exact) mass is 365 g/mol. The van der Waals surface area contributed by atoms with E-state index in [4.69, 9.17) is 32.8 Å². The van der Waals surface area contributed by atoms with Gasteiger partial charge in [-0.3, -0.25) is 0 Å². The molecule has 0 aliphatic rings. The van der Waals surface area contributed by atoms with Gasteiger partial charge in [-0.25, -0.2) is 4.79 Å². The first kappa shape index (κ1) is 18.3. The van der Waals surface area contributed by atoms with Crippen LogP contribution in [0.2, 0.25) is 10.0 Å². The van der Waals surface area contributed by atoms with Crippen LogP contribution in [0.25, 0.3) is 0 Å². The molecule has 24 heavy (non-hydrogen) atoms. The van der Waals surface area contributed by atoms with Crippen LogP contribution in [0.4, 0.5) is 0 Å². The average molecular weight is 366 g/mol. The van der Waals surface area contributed by atoms with Crippen LogP contribution in [0.3, 0.4) is 0 Å². The molecule has 0 atom stereocenters. The van der Waals surface area contributed by atoms with Crippen molar-refractivity contribution in [2.75, 3.05) is 6.61 Å². The van der Waals surface area contributed by atoms with Gasteiger partial charge in [-0.15, -0.1) is 0 Å². The highest BCUT2D eigenvalue weighted by molar-refractivity contribution is 6.42. The van der Waals surface area contributed by atoms with Gasteiger partial charge in [-0.1, -0.05) is 46.6 Å². The first-order valence-electron chi connectivity index (χ1n) is 7.39. The number of ether oxygens (including phenoxy) is 1. The molecule has 0 amide bonds. The normalized spacial score (nSPS) is 11.2. The van der Waals surface area contributed by atoms with E-state index in [1.54, 1.807) is 37.3 Å². The summed E-state index contributed by atoms with van der Waals surface area (Å²) in [7, 11) is 0. The number of carbonyl (C=O) groups is 1. The summed E-state index contributed by atoms with van der Waals surface area (Å²) in [4.78, 5) is 17.1. The molecule has 0 spiro atoms. The van der Waals surface area contributed by atoms with Crippen LogP contribution in [0.5, 0.6) is 0 Å². The molecule has 0 unspecified atom stereocenters. The maximum absolute atomic E-state index is 11.7. The third-order valence-electron chi connectivity index (χ3n) is 3.21. The van der Waals surface area contributed by atoms with E-state index in [-0.39, 0.29) is 12.6 Å². The lowest BCUT2D eigenvalue weighted by Crippen LogP contribution is -2.05. The largest absolute Gasteiger partial charge is 0.462 e. The number of nitrogens with zero attached hydrogens (tertiary/aromatic N) is 1. The number of oxime groups is 1. The Balaban J connectivity index is 2.01. The molecule has 2 aromatic rings. The standard InChI is InChI=1S/C18H17Cl2NO3/c1-3-23-18(22)15-6-4-5-13(9-15)11-24-21-12(2)14-7-8-16(19)17(20)10-14/h4-10H,3,11H2,1-2H3/b21-12-. The lowest BCUT2D eigenvalue weighted by Gasteiger charge is -2.06. The molecular formula is C18H17Cl2NO3. The van der Waals surface area contributed by atoms with Crippen molar-refractivity contribution < 1.29 is 14.4 Å². The van der Waals surface area contributed by atoms with Crippen molar-refractivity contribution >= 4 is 34.9 Å². The molecule has 4 nitrogen and oxygen atoms in total. The summed E-state index contributed by atoms with van der Waals surface area (Å²) in [6.45, 7) is 4.17. The predicted molar refractivity (Wildman–Crippen MR) is 95.9 cm³/mol. The summed E-state index contributed by atoms with van der Waals surface area (Å²) in [5.41, 5.74) is 2.81. The van der Waals surface area contributed by atoms with Gasteiger partial charge in [0.25, 0.3) is 0 Å². The molecule has 0 N–H and O–H groups in total. The molecule has 0 fully saturated rings. The van der Waals surface area contributed by atoms with Gasteiger partial charge in [-0.2, -0.15) is 0 Å². The number of hydrogen-bond acceptors (Lipinski definition) is 4. The van der Waals surface area contributed by atoms with Crippen molar-refractivity contribution in [1.82, 2.24) is 0 Å². The number of hydrogen-bond donors (Lipinski definition) is 0. The highest BCUT2D eigenvalue weighted by Crippen LogP contribution is 2.23. The third kappa shape index (κ3) is 4.98. The minimum atomic E-state index is -0.352. The SMILES string of the molecule is CCOC(=O)c1cccc(CO/N=C(/C)c2ccc(Cl)c(Cl)c2)c1. The zero-order chi connectivity index (χ0) is 17.5. The quantitative estimate of drug-likeness (QED) is 0.405. The number of halogens is 2. The zero-order valence-electron chi connectivity index (χ0n) is 13.4. The molecule has 2 aromatic carbocycles. The van der Waals surface area contributed by atoms with Crippen LogP contribution in [-0.4, -0.2) is 18.3 Å². The van der Waals surface area contributed by atoms with E-state index >= 15 is 0 Å². The summed E-state index contributed by atoms with van der Waals surface area (Å²) in [6, 6.07) is 12.3. The van der Waals surface area contributed by atoms with E-state index in [0.29, 0.717) is 27.9 Å². The van der Waals surface area contributed by atoms with E-state index in [1.165, 1.54) is 0 Å². The maximum atomic E-state index is 11.7. The number of benzene rings is 2. The Bertz CT molecular complexity index is 760. The Morgan fingerprint density at radius 2 is 1.88 bits per heavy atom. The number of esters is 1. The molecule has 126 valence electrons. The van der Waals surface area contributed by atoms with Crippen molar-refractivity contribution in [2.24, 2.45) is 5.16 Å². The van der Waals surface area contributed by atoms with Crippen molar-refractivity contribution in [3.8, 4) is 0 Å². The molecule has 0 aliphatic heterocycles. The summed E-state index contributed by atoms with van der Waals surface area (Å²) in [5, 5.41) is 5.02. The minimum Gasteiger partial charge on any atom is -0.462 e. The lowest BCUT2D eigenvalue weighted by molar-refractivity contribution is 0.0526. The second-order valence-corrected chi connectivity index (χ2v) is 5.81. The predicted octanol–water partition coefficient (Wildman–Crippen LogP) is 5.11. The second-order valence-electron chi connectivity index (χ2n) is 5.00. The topological polar surface area (TPSA) is 47.9 Å². The van der Waals surface area contributed by atoms with Gasteiger partial charge in [0.05, 0.1) is 27.9 Å². The van der Waals surface area contributed by atoms with E-state index in [9.17, 15) is 4.79 Å². The van der Waals surface area contributed by atoms with Gasteiger partial charge < -0.3 is 9.57 Å². The van der Waals surface area contributed by atoms with Gasteiger partial charge in [-0.05, 0) is 43.7 Å². The van der Waals surface area contributed by atoms with E-state index in [0.717, 1.165) is 11.1 Å². The van der Waals surface area contributed by atoms with Gasteiger partial charge in [0, 0.05) is 5.56 Å². The zero-order valence-corrected chi connectivity index (χ0v) is 14.9. The Labute approximate surface area is 151 Å². The van der Waals surface area contributed by atoms with Gasteiger partial charge in [0.15, 0.2) is 0 Å². The van der Waals surface area contributed by atoms with Crippen molar-refractivity contribution in [3.05, 3.63) is 69.2 Å². The number of carbonyl (C=O) groups excluding carboxylic acids is 1. The van der Waals surface area contributed by atoms with Crippen LogP contribution in [-0.2, 0) is 16.2 Å². The summed E-state index contributed by atoms with van der Waals surface area (Å²) >= 11 is 11.9. The Morgan fingerprint density at radius 3 is 2.58 bits per heavy atom. The van der Waals surface area contributed by atoms with Crippen LogP contribution in [0.1, 0.15) is 35.3 Å². The fourth-order valence-electron chi connectivity index (χ4n) is 1.98. The lowest BCUT2D eigenvalue weighted by atomic mass is 10.1. The van der Waals surface area contributed by atoms with E-state index in [1.807, 2.05) is 19.1 Å². The highest BCUT2D eigenvalue weighted by Gasteiger charge is 2.07. The molecule has 2 rings (SSSR count). The molecule has 0 aliphatic carbocycles. The summed E-state index contributed by atoms with van der Waals surface area (Å²) < 4.78 is 4.97. The summed E-state index contributed by atoms with van der Waals surface area (Å²) in [6.07, 6.45) is 0. The van der Waals surface area contributed by atoms with Gasteiger partial charge >= 0.3 is 5.97 Å². The van der Waals surface area contributed by atoms with Crippen molar-refractivity contribution in [2.45, 2.75) is 20.5 Å². The van der Waals surface area contributed by atoms with E-state index < -0.39 is 0 Å². The minimum absolute atomic E-state index is 0.242. The van der Waals surface area contributed by atoms with Crippen LogP contribution >= 0.6 is 23.2 Å². The fraction of sp³-hybridized carbons (Fsp3) is 0.222. The summed E-state index contributed by atoms with van der Waals surface area (Å²) in [5.74, 6) is -0.352. The van der Waals surface area contributed by atoms with Crippen molar-refractivity contribution in [3.63, 3.8) is 0 Å². The van der Waals surface area contributed by atoms with E-state index in [2.05, 4.69) is 5.16 Å².